The molecule has 0 spiro atoms. The van der Waals surface area contributed by atoms with E-state index in [1.54, 1.807) is 0 Å². The third-order valence-corrected chi connectivity index (χ3v) is 10.9. The fourth-order valence-electron chi connectivity index (χ4n) is 9.30. The average Bonchev–Trinajstić information content (AvgIpc) is 3.15. The first-order chi connectivity index (χ1) is 14.2. The van der Waals surface area contributed by atoms with E-state index in [2.05, 4.69) is 40.7 Å². The summed E-state index contributed by atoms with van der Waals surface area (Å²) in [7, 11) is 0. The number of fused-ring (bicyclic) bond motifs is 7. The van der Waals surface area contributed by atoms with Crippen LogP contribution in [0.25, 0.3) is 0 Å². The van der Waals surface area contributed by atoms with Crippen molar-refractivity contribution < 1.29 is 9.84 Å². The van der Waals surface area contributed by atoms with Crippen molar-refractivity contribution in [2.75, 3.05) is 0 Å². The minimum absolute atomic E-state index is 0.0907. The zero-order chi connectivity index (χ0) is 21.4. The fourth-order valence-corrected chi connectivity index (χ4v) is 9.30. The first-order valence-corrected chi connectivity index (χ1v) is 12.9. The Morgan fingerprint density at radius 3 is 2.73 bits per heavy atom. The first-order valence-electron chi connectivity index (χ1n) is 12.9. The minimum atomic E-state index is -0.243. The molecular weight excluding hydrogens is 370 g/mol. The summed E-state index contributed by atoms with van der Waals surface area (Å²) in [6.07, 6.45) is 12.4. The van der Waals surface area contributed by atoms with Crippen LogP contribution in [0.2, 0.25) is 0 Å². The molecule has 3 saturated carbocycles. The predicted molar refractivity (Wildman–Crippen MR) is 122 cm³/mol. The molecule has 5 rings (SSSR count). The second kappa shape index (κ2) is 7.32. The van der Waals surface area contributed by atoms with Gasteiger partial charge in [-0.2, -0.15) is 0 Å². The number of allylic oxidation sites excluding steroid dienone is 1. The summed E-state index contributed by atoms with van der Waals surface area (Å²) < 4.78 is 6.78. The molecule has 170 valence electrons. The Kier molecular flexibility index (Phi) is 5.24. The van der Waals surface area contributed by atoms with Crippen LogP contribution in [-0.2, 0) is 4.74 Å². The van der Waals surface area contributed by atoms with Gasteiger partial charge in [0.25, 0.3) is 0 Å². The number of hydrogen-bond acceptors (Lipinski definition) is 3. The molecule has 1 heterocycles. The van der Waals surface area contributed by atoms with Crippen molar-refractivity contribution in [3.63, 3.8) is 0 Å². The Morgan fingerprint density at radius 2 is 2.00 bits per heavy atom. The van der Waals surface area contributed by atoms with E-state index in [1.165, 1.54) is 44.1 Å². The lowest BCUT2D eigenvalue weighted by atomic mass is 9.46. The van der Waals surface area contributed by atoms with E-state index in [9.17, 15) is 5.11 Å². The molecule has 3 nitrogen and oxygen atoms in total. The highest BCUT2D eigenvalue weighted by molar-refractivity contribution is 5.28. The zero-order valence-electron chi connectivity index (χ0n) is 19.9. The van der Waals surface area contributed by atoms with Crippen LogP contribution in [0.5, 0.6) is 0 Å². The molecule has 0 bridgehead atoms. The molecule has 0 radical (unpaired) electrons. The third kappa shape index (κ3) is 2.94. The SMILES string of the molecule is CC(C)CCC1O[C@H]2C[C@H]3[C@@H]4CC=C5CC(O)CC(N)[C@]5(C)[C@H]4CC[C@]3(C)[C@H]2[C@@H]1C. The van der Waals surface area contributed by atoms with Crippen molar-refractivity contribution >= 4 is 0 Å². The Morgan fingerprint density at radius 1 is 1.23 bits per heavy atom. The van der Waals surface area contributed by atoms with Gasteiger partial charge in [-0.05, 0) is 92.3 Å². The Balaban J connectivity index is 1.39. The molecule has 0 amide bonds. The number of nitrogens with two attached hydrogens (primary N) is 1. The molecular formula is C27H45NO2. The van der Waals surface area contributed by atoms with Crippen molar-refractivity contribution in [2.45, 2.75) is 110 Å². The van der Waals surface area contributed by atoms with Crippen molar-refractivity contribution in [3.05, 3.63) is 11.6 Å². The summed E-state index contributed by atoms with van der Waals surface area (Å²) >= 11 is 0. The van der Waals surface area contributed by atoms with E-state index >= 15 is 0 Å². The van der Waals surface area contributed by atoms with Crippen molar-refractivity contribution in [1.29, 1.82) is 0 Å². The number of aliphatic hydroxyl groups excluding tert-OH is 1. The maximum Gasteiger partial charge on any atom is 0.0618 e. The van der Waals surface area contributed by atoms with Gasteiger partial charge in [0.1, 0.15) is 0 Å². The Hall–Kier alpha value is -0.380. The molecule has 1 saturated heterocycles. The van der Waals surface area contributed by atoms with E-state index in [1.807, 2.05) is 0 Å². The highest BCUT2D eigenvalue weighted by Crippen LogP contribution is 2.69. The quantitative estimate of drug-likeness (QED) is 0.614. The standard InChI is InChI=1S/C27H45NO2/c1-15(2)6-9-22-16(3)25-23(30-22)14-21-19-8-7-17-12-18(29)13-24(28)27(17,5)20(19)10-11-26(21,25)4/h7,15-16,18-25,29H,6,8-14,28H2,1-5H3/t16-,18?,19-,20+,21+,22?,23+,24?,25+,26+,27+/m1/s1. The second-order valence-corrected chi connectivity index (χ2v) is 12.7. The smallest absolute Gasteiger partial charge is 0.0618 e. The molecule has 0 aromatic carbocycles. The van der Waals surface area contributed by atoms with Crippen LogP contribution in [0, 0.1) is 46.3 Å². The van der Waals surface area contributed by atoms with Gasteiger partial charge in [-0.1, -0.05) is 46.3 Å². The molecule has 4 aliphatic carbocycles. The molecule has 0 aromatic rings. The lowest BCUT2D eigenvalue weighted by Gasteiger charge is -2.59. The van der Waals surface area contributed by atoms with Gasteiger partial charge in [-0.15, -0.1) is 0 Å². The number of rotatable bonds is 3. The van der Waals surface area contributed by atoms with Gasteiger partial charge in [-0.25, -0.2) is 0 Å². The van der Waals surface area contributed by atoms with Crippen LogP contribution in [0.15, 0.2) is 11.6 Å². The average molecular weight is 416 g/mol. The van der Waals surface area contributed by atoms with Gasteiger partial charge in [0.2, 0.25) is 0 Å². The van der Waals surface area contributed by atoms with Gasteiger partial charge in [0, 0.05) is 11.5 Å². The van der Waals surface area contributed by atoms with Crippen LogP contribution >= 0.6 is 0 Å². The molecule has 3 heteroatoms. The molecule has 30 heavy (non-hydrogen) atoms. The molecule has 5 aliphatic rings. The van der Waals surface area contributed by atoms with Crippen molar-refractivity contribution in [1.82, 2.24) is 0 Å². The number of aliphatic hydroxyl groups is 1. The van der Waals surface area contributed by atoms with Gasteiger partial charge < -0.3 is 15.6 Å². The molecule has 1 aliphatic heterocycles. The lowest BCUT2D eigenvalue weighted by molar-refractivity contribution is -0.0653. The van der Waals surface area contributed by atoms with Gasteiger partial charge in [0.05, 0.1) is 18.3 Å². The van der Waals surface area contributed by atoms with Crippen LogP contribution < -0.4 is 5.73 Å². The van der Waals surface area contributed by atoms with Crippen LogP contribution in [-0.4, -0.2) is 29.5 Å². The van der Waals surface area contributed by atoms with Crippen molar-refractivity contribution in [2.24, 2.45) is 52.1 Å². The van der Waals surface area contributed by atoms with Crippen LogP contribution in [0.1, 0.15) is 86.0 Å². The van der Waals surface area contributed by atoms with Gasteiger partial charge in [0.15, 0.2) is 0 Å². The summed E-state index contributed by atoms with van der Waals surface area (Å²) in [6.45, 7) is 12.2. The fraction of sp³-hybridized carbons (Fsp3) is 0.926. The molecule has 3 unspecified atom stereocenters. The number of hydrogen-bond donors (Lipinski definition) is 2. The molecule has 0 aromatic heterocycles. The molecule has 11 atom stereocenters. The Labute approximate surface area is 184 Å². The largest absolute Gasteiger partial charge is 0.393 e. The van der Waals surface area contributed by atoms with Crippen LogP contribution in [0.4, 0.5) is 0 Å². The third-order valence-electron chi connectivity index (χ3n) is 10.9. The summed E-state index contributed by atoms with van der Waals surface area (Å²) in [4.78, 5) is 0. The van der Waals surface area contributed by atoms with E-state index in [0.717, 1.165) is 36.5 Å². The molecule has 3 N–H and O–H groups in total. The van der Waals surface area contributed by atoms with Gasteiger partial charge >= 0.3 is 0 Å². The van der Waals surface area contributed by atoms with E-state index in [0.29, 0.717) is 29.5 Å². The number of ether oxygens (including phenoxy) is 1. The summed E-state index contributed by atoms with van der Waals surface area (Å²) in [6, 6.07) is 0.0983. The monoisotopic (exact) mass is 415 g/mol. The topological polar surface area (TPSA) is 55.5 Å². The Bertz CT molecular complexity index is 703. The van der Waals surface area contributed by atoms with Gasteiger partial charge in [-0.3, -0.25) is 0 Å². The zero-order valence-corrected chi connectivity index (χ0v) is 19.9. The second-order valence-electron chi connectivity index (χ2n) is 12.7. The maximum atomic E-state index is 10.3. The van der Waals surface area contributed by atoms with E-state index in [-0.39, 0.29) is 17.6 Å². The highest BCUT2D eigenvalue weighted by atomic mass is 16.5. The summed E-state index contributed by atoms with van der Waals surface area (Å²) in [5.41, 5.74) is 8.74. The van der Waals surface area contributed by atoms with E-state index < -0.39 is 0 Å². The highest BCUT2D eigenvalue weighted by Gasteiger charge is 2.65. The maximum absolute atomic E-state index is 10.3. The summed E-state index contributed by atoms with van der Waals surface area (Å²) in [5, 5.41) is 10.3. The predicted octanol–water partition coefficient (Wildman–Crippen LogP) is 5.31. The molecule has 4 fully saturated rings. The lowest BCUT2D eigenvalue weighted by Crippen LogP contribution is -2.58. The summed E-state index contributed by atoms with van der Waals surface area (Å²) in [5.74, 6) is 4.40. The normalized spacial score (nSPS) is 54.9. The van der Waals surface area contributed by atoms with Crippen molar-refractivity contribution in [3.8, 4) is 0 Å². The first kappa shape index (κ1) is 21.5. The van der Waals surface area contributed by atoms with Crippen LogP contribution in [0.3, 0.4) is 0 Å². The minimum Gasteiger partial charge on any atom is -0.393 e. The van der Waals surface area contributed by atoms with E-state index in [4.69, 9.17) is 10.5 Å².